The number of hydrogen-bond acceptors (Lipinski definition) is 5. The maximum atomic E-state index is 13.0. The lowest BCUT2D eigenvalue weighted by Crippen LogP contribution is -2.42. The number of likely N-dealkylation sites (tertiary alicyclic amines) is 1. The monoisotopic (exact) mass is 426 g/mol. The lowest BCUT2D eigenvalue weighted by atomic mass is 10.1. The van der Waals surface area contributed by atoms with Gasteiger partial charge in [-0.25, -0.2) is 0 Å². The number of carbonyl (C=O) groups is 3. The third-order valence-electron chi connectivity index (χ3n) is 6.31. The first-order chi connectivity index (χ1) is 15.1. The maximum absolute atomic E-state index is 13.0. The number of morpholine rings is 1. The summed E-state index contributed by atoms with van der Waals surface area (Å²) in [7, 11) is 0. The highest BCUT2D eigenvalue weighted by Crippen LogP contribution is 2.22. The molecule has 0 aliphatic carbocycles. The van der Waals surface area contributed by atoms with E-state index < -0.39 is 11.7 Å². The van der Waals surface area contributed by atoms with E-state index in [1.54, 1.807) is 15.7 Å². The van der Waals surface area contributed by atoms with Crippen LogP contribution in [-0.4, -0.2) is 83.9 Å². The zero-order valence-corrected chi connectivity index (χ0v) is 18.0. The van der Waals surface area contributed by atoms with Gasteiger partial charge in [-0.3, -0.25) is 19.3 Å². The SMILES string of the molecule is CCN1CCC[C@@H]1CNC(=O)C(=O)c1cn(CC(=O)N2CCOCC2)c2ccccc12. The number of nitrogens with one attached hydrogen (secondary N) is 1. The summed E-state index contributed by atoms with van der Waals surface area (Å²) < 4.78 is 7.08. The van der Waals surface area contributed by atoms with Gasteiger partial charge in [-0.15, -0.1) is 0 Å². The van der Waals surface area contributed by atoms with Gasteiger partial charge in [-0.1, -0.05) is 25.1 Å². The molecule has 0 saturated carbocycles. The molecule has 3 heterocycles. The van der Waals surface area contributed by atoms with Crippen molar-refractivity contribution in [2.45, 2.75) is 32.4 Å². The molecule has 0 bridgehead atoms. The smallest absolute Gasteiger partial charge is 0.292 e. The molecular weight excluding hydrogens is 396 g/mol. The fraction of sp³-hybridized carbons (Fsp3) is 0.522. The first kappa shape index (κ1) is 21.5. The normalized spacial score (nSPS) is 19.6. The molecule has 8 heteroatoms. The molecule has 1 atom stereocenters. The van der Waals surface area contributed by atoms with Crippen molar-refractivity contribution in [1.82, 2.24) is 19.7 Å². The second-order valence-electron chi connectivity index (χ2n) is 8.14. The predicted molar refractivity (Wildman–Crippen MR) is 117 cm³/mol. The van der Waals surface area contributed by atoms with Gasteiger partial charge in [0.1, 0.15) is 6.54 Å². The van der Waals surface area contributed by atoms with E-state index in [9.17, 15) is 14.4 Å². The van der Waals surface area contributed by atoms with E-state index in [0.29, 0.717) is 43.8 Å². The van der Waals surface area contributed by atoms with Gasteiger partial charge in [0.2, 0.25) is 5.91 Å². The Morgan fingerprint density at radius 3 is 2.68 bits per heavy atom. The first-order valence-electron chi connectivity index (χ1n) is 11.1. The van der Waals surface area contributed by atoms with Crippen LogP contribution in [0.15, 0.2) is 30.5 Å². The van der Waals surface area contributed by atoms with E-state index >= 15 is 0 Å². The number of hydrogen-bond donors (Lipinski definition) is 1. The molecule has 8 nitrogen and oxygen atoms in total. The van der Waals surface area contributed by atoms with Gasteiger partial charge in [0.15, 0.2) is 0 Å². The van der Waals surface area contributed by atoms with Crippen molar-refractivity contribution in [2.75, 3.05) is 45.9 Å². The lowest BCUT2D eigenvalue weighted by molar-refractivity contribution is -0.135. The van der Waals surface area contributed by atoms with Gasteiger partial charge in [-0.2, -0.15) is 0 Å². The number of ketones is 1. The Hall–Kier alpha value is -2.71. The number of para-hydroxylation sites is 1. The molecular formula is C23H30N4O4. The number of ether oxygens (including phenoxy) is 1. The van der Waals surface area contributed by atoms with Crippen molar-refractivity contribution >= 4 is 28.5 Å². The van der Waals surface area contributed by atoms with Crippen LogP contribution in [0.4, 0.5) is 0 Å². The zero-order chi connectivity index (χ0) is 21.8. The van der Waals surface area contributed by atoms with Crippen LogP contribution < -0.4 is 5.32 Å². The average molecular weight is 427 g/mol. The number of carbonyl (C=O) groups excluding carboxylic acids is 3. The number of benzene rings is 1. The number of likely N-dealkylation sites (N-methyl/N-ethyl adjacent to an activating group) is 1. The number of aromatic nitrogens is 1. The lowest BCUT2D eigenvalue weighted by Gasteiger charge is -2.27. The van der Waals surface area contributed by atoms with Crippen LogP contribution in [0.5, 0.6) is 0 Å². The van der Waals surface area contributed by atoms with Crippen LogP contribution in [0.1, 0.15) is 30.1 Å². The fourth-order valence-corrected chi connectivity index (χ4v) is 4.57. The summed E-state index contributed by atoms with van der Waals surface area (Å²) in [5, 5.41) is 3.51. The molecule has 2 fully saturated rings. The number of Topliss-reactive ketones (excluding diaryl/α,β-unsaturated/α-hetero) is 1. The van der Waals surface area contributed by atoms with Crippen molar-refractivity contribution < 1.29 is 19.1 Å². The molecule has 0 spiro atoms. The summed E-state index contributed by atoms with van der Waals surface area (Å²) in [5.74, 6) is -1.17. The summed E-state index contributed by atoms with van der Waals surface area (Å²) in [6.07, 6.45) is 3.79. The molecule has 1 aromatic carbocycles. The van der Waals surface area contributed by atoms with Crippen LogP contribution in [0, 0.1) is 0 Å². The van der Waals surface area contributed by atoms with E-state index in [1.807, 2.05) is 24.3 Å². The highest BCUT2D eigenvalue weighted by molar-refractivity contribution is 6.45. The minimum atomic E-state index is -0.592. The highest BCUT2D eigenvalue weighted by atomic mass is 16.5. The Kier molecular flexibility index (Phi) is 6.67. The zero-order valence-electron chi connectivity index (χ0n) is 18.0. The summed E-state index contributed by atoms with van der Waals surface area (Å²) >= 11 is 0. The van der Waals surface area contributed by atoms with Crippen LogP contribution in [-0.2, 0) is 20.9 Å². The molecule has 0 unspecified atom stereocenters. The van der Waals surface area contributed by atoms with E-state index in [1.165, 1.54) is 0 Å². The Bertz CT molecular complexity index is 964. The van der Waals surface area contributed by atoms with E-state index in [4.69, 9.17) is 4.74 Å². The molecule has 166 valence electrons. The summed E-state index contributed by atoms with van der Waals surface area (Å²) in [5.41, 5.74) is 1.11. The quantitative estimate of drug-likeness (QED) is 0.533. The largest absolute Gasteiger partial charge is 0.378 e. The third-order valence-corrected chi connectivity index (χ3v) is 6.31. The van der Waals surface area contributed by atoms with Gasteiger partial charge < -0.3 is 19.5 Å². The van der Waals surface area contributed by atoms with E-state index in [2.05, 4.69) is 17.1 Å². The Balaban J connectivity index is 1.48. The summed E-state index contributed by atoms with van der Waals surface area (Å²) in [6, 6.07) is 7.68. The minimum Gasteiger partial charge on any atom is -0.378 e. The number of amides is 2. The third kappa shape index (κ3) is 4.65. The molecule has 2 amide bonds. The van der Waals surface area contributed by atoms with Gasteiger partial charge in [0.25, 0.3) is 11.7 Å². The molecule has 1 aromatic heterocycles. The van der Waals surface area contributed by atoms with Crippen molar-refractivity contribution in [3.8, 4) is 0 Å². The molecule has 2 aliphatic rings. The number of rotatable bonds is 7. The molecule has 0 radical (unpaired) electrons. The molecule has 31 heavy (non-hydrogen) atoms. The van der Waals surface area contributed by atoms with Crippen molar-refractivity contribution in [2.24, 2.45) is 0 Å². The first-order valence-corrected chi connectivity index (χ1v) is 11.1. The van der Waals surface area contributed by atoms with E-state index in [-0.39, 0.29) is 18.5 Å². The fourth-order valence-electron chi connectivity index (χ4n) is 4.57. The summed E-state index contributed by atoms with van der Waals surface area (Å²) in [4.78, 5) is 42.4. The number of nitrogens with zero attached hydrogens (tertiary/aromatic N) is 3. The van der Waals surface area contributed by atoms with Gasteiger partial charge >= 0.3 is 0 Å². The molecule has 2 aliphatic heterocycles. The van der Waals surface area contributed by atoms with Gasteiger partial charge in [0.05, 0.1) is 18.8 Å². The Morgan fingerprint density at radius 2 is 1.90 bits per heavy atom. The maximum Gasteiger partial charge on any atom is 0.292 e. The predicted octanol–water partition coefficient (Wildman–Crippen LogP) is 1.28. The number of fused-ring (bicyclic) bond motifs is 1. The standard InChI is InChI=1S/C23H30N4O4/c1-2-25-9-5-6-17(25)14-24-23(30)22(29)19-15-27(20-8-4-3-7-18(19)20)16-21(28)26-10-12-31-13-11-26/h3-4,7-8,15,17H,2,5-6,9-14,16H2,1H3,(H,24,30)/t17-/m1/s1. The molecule has 1 N–H and O–H groups in total. The van der Waals surface area contributed by atoms with Gasteiger partial charge in [-0.05, 0) is 32.0 Å². The average Bonchev–Trinajstić information content (AvgIpc) is 3.42. The van der Waals surface area contributed by atoms with Crippen LogP contribution >= 0.6 is 0 Å². The second-order valence-corrected chi connectivity index (χ2v) is 8.14. The van der Waals surface area contributed by atoms with Crippen LogP contribution in [0.2, 0.25) is 0 Å². The van der Waals surface area contributed by atoms with Gasteiger partial charge in [0, 0.05) is 42.8 Å². The molecule has 2 aromatic rings. The van der Waals surface area contributed by atoms with E-state index in [0.717, 1.165) is 31.4 Å². The minimum absolute atomic E-state index is 0.0200. The second kappa shape index (κ2) is 9.62. The Labute approximate surface area is 182 Å². The highest BCUT2D eigenvalue weighted by Gasteiger charge is 2.27. The molecule has 2 saturated heterocycles. The Morgan fingerprint density at radius 1 is 1.13 bits per heavy atom. The van der Waals surface area contributed by atoms with Crippen LogP contribution in [0.3, 0.4) is 0 Å². The topological polar surface area (TPSA) is 83.9 Å². The molecule has 4 rings (SSSR count). The summed E-state index contributed by atoms with van der Waals surface area (Å²) in [6.45, 7) is 6.92. The van der Waals surface area contributed by atoms with Crippen molar-refractivity contribution in [1.29, 1.82) is 0 Å². The van der Waals surface area contributed by atoms with Crippen molar-refractivity contribution in [3.05, 3.63) is 36.0 Å². The van der Waals surface area contributed by atoms with Crippen molar-refractivity contribution in [3.63, 3.8) is 0 Å². The van der Waals surface area contributed by atoms with Crippen LogP contribution in [0.25, 0.3) is 10.9 Å².